The van der Waals surface area contributed by atoms with Crippen LogP contribution in [0.3, 0.4) is 0 Å². The van der Waals surface area contributed by atoms with Crippen molar-refractivity contribution in [3.8, 4) is 0 Å². The number of aryl methyl sites for hydroxylation is 2. The number of nitrogens with zero attached hydrogens (tertiary/aromatic N) is 1. The minimum Gasteiger partial charge on any atom is -0.370 e. The number of guanidine groups is 1. The average molecular weight is 402 g/mol. The molecule has 1 aliphatic carbocycles. The summed E-state index contributed by atoms with van der Waals surface area (Å²) in [5, 5.41) is 6.55. The van der Waals surface area contributed by atoms with E-state index in [0.717, 1.165) is 12.2 Å². The summed E-state index contributed by atoms with van der Waals surface area (Å²) >= 11 is 0. The van der Waals surface area contributed by atoms with E-state index in [9.17, 15) is 0 Å². The quantitative estimate of drug-likeness (QED) is 0.314. The summed E-state index contributed by atoms with van der Waals surface area (Å²) in [6.45, 7) is 7.94. The van der Waals surface area contributed by atoms with Crippen molar-refractivity contribution in [3.05, 3.63) is 29.3 Å². The van der Waals surface area contributed by atoms with Gasteiger partial charge in [-0.15, -0.1) is 24.0 Å². The number of benzene rings is 1. The number of nitrogens with one attached hydrogen (secondary N) is 2. The predicted molar refractivity (Wildman–Crippen MR) is 102 cm³/mol. The maximum absolute atomic E-state index is 5.91. The maximum Gasteiger partial charge on any atom is 0.193 e. The highest BCUT2D eigenvalue weighted by Crippen LogP contribution is 2.24. The zero-order chi connectivity index (χ0) is 14.6. The van der Waals surface area contributed by atoms with Gasteiger partial charge in [0.05, 0.1) is 6.54 Å². The molecule has 2 rings (SSSR count). The van der Waals surface area contributed by atoms with E-state index in [1.54, 1.807) is 0 Å². The molecule has 1 aromatic carbocycles. The lowest BCUT2D eigenvalue weighted by atomic mass is 10.1. The monoisotopic (exact) mass is 402 g/mol. The first-order valence-electron chi connectivity index (χ1n) is 7.38. The molecule has 4 nitrogen and oxygen atoms in total. The number of halogens is 1. The topological polar surface area (TPSA) is 62.4 Å². The van der Waals surface area contributed by atoms with Crippen LogP contribution in [0.25, 0.3) is 0 Å². The van der Waals surface area contributed by atoms with Crippen LogP contribution in [-0.4, -0.2) is 24.6 Å². The van der Waals surface area contributed by atoms with Crippen molar-refractivity contribution < 1.29 is 0 Å². The van der Waals surface area contributed by atoms with Gasteiger partial charge in [0.25, 0.3) is 0 Å². The van der Waals surface area contributed by atoms with Crippen molar-refractivity contribution in [1.29, 1.82) is 0 Å². The molecule has 0 bridgehead atoms. The van der Waals surface area contributed by atoms with E-state index in [1.807, 2.05) is 0 Å². The zero-order valence-corrected chi connectivity index (χ0v) is 15.5. The van der Waals surface area contributed by atoms with E-state index < -0.39 is 0 Å². The second kappa shape index (κ2) is 7.98. The molecule has 118 valence electrons. The Morgan fingerprint density at radius 3 is 2.67 bits per heavy atom. The summed E-state index contributed by atoms with van der Waals surface area (Å²) in [6.07, 6.45) is 3.65. The van der Waals surface area contributed by atoms with Gasteiger partial charge in [-0.2, -0.15) is 0 Å². The lowest BCUT2D eigenvalue weighted by molar-refractivity contribution is 0.433. The molecule has 0 amide bonds. The van der Waals surface area contributed by atoms with Gasteiger partial charge in [-0.3, -0.25) is 4.99 Å². The number of anilines is 1. The van der Waals surface area contributed by atoms with Crippen molar-refractivity contribution in [3.63, 3.8) is 0 Å². The molecular formula is C16H27IN4. The summed E-state index contributed by atoms with van der Waals surface area (Å²) in [4.78, 5) is 4.34. The third kappa shape index (κ3) is 6.22. The molecule has 0 aromatic heterocycles. The number of hydrogen-bond acceptors (Lipinski definition) is 2. The first-order chi connectivity index (χ1) is 9.44. The van der Waals surface area contributed by atoms with Crippen molar-refractivity contribution in [1.82, 2.24) is 5.32 Å². The van der Waals surface area contributed by atoms with E-state index in [0.29, 0.717) is 12.5 Å². The summed E-state index contributed by atoms with van der Waals surface area (Å²) in [5.74, 6) is 0.485. The van der Waals surface area contributed by atoms with Crippen LogP contribution in [0, 0.1) is 0 Å². The van der Waals surface area contributed by atoms with Gasteiger partial charge in [0.15, 0.2) is 5.96 Å². The van der Waals surface area contributed by atoms with Crippen molar-refractivity contribution in [2.24, 2.45) is 10.7 Å². The lowest BCUT2D eigenvalue weighted by Crippen LogP contribution is -2.37. The first-order valence-corrected chi connectivity index (χ1v) is 7.38. The fraction of sp³-hybridized carbons (Fsp3) is 0.562. The highest BCUT2D eigenvalue weighted by atomic mass is 127. The van der Waals surface area contributed by atoms with Crippen LogP contribution >= 0.6 is 24.0 Å². The zero-order valence-electron chi connectivity index (χ0n) is 13.2. The molecule has 4 N–H and O–H groups in total. The van der Waals surface area contributed by atoms with Gasteiger partial charge >= 0.3 is 0 Å². The Bertz CT molecular complexity index is 492. The van der Waals surface area contributed by atoms with Crippen molar-refractivity contribution >= 4 is 35.6 Å². The third-order valence-corrected chi connectivity index (χ3v) is 3.42. The molecular weight excluding hydrogens is 375 g/mol. The first kappa shape index (κ1) is 18.2. The normalized spacial score (nSPS) is 14.5. The molecule has 0 fully saturated rings. The fourth-order valence-electron chi connectivity index (χ4n) is 2.44. The van der Waals surface area contributed by atoms with E-state index in [-0.39, 0.29) is 29.5 Å². The Labute approximate surface area is 145 Å². The van der Waals surface area contributed by atoms with Gasteiger partial charge in [-0.05, 0) is 63.3 Å². The Hall–Kier alpha value is -0.820. The van der Waals surface area contributed by atoms with Crippen LogP contribution in [0.2, 0.25) is 0 Å². The van der Waals surface area contributed by atoms with E-state index in [4.69, 9.17) is 5.73 Å². The standard InChI is InChI=1S/C16H26N4.HI/c1-16(2,3)19-10-9-18-15(17)20-14-8-7-12-5-4-6-13(12)11-14;/h7-8,11,19H,4-6,9-10H2,1-3H3,(H3,17,18,20);1H. The number of rotatable bonds is 4. The SMILES string of the molecule is CC(C)(C)NCCN=C(N)Nc1ccc2c(c1)CCC2.I. The summed E-state index contributed by atoms with van der Waals surface area (Å²) in [6, 6.07) is 6.47. The predicted octanol–water partition coefficient (Wildman–Crippen LogP) is 2.91. The van der Waals surface area contributed by atoms with E-state index in [1.165, 1.54) is 30.4 Å². The minimum absolute atomic E-state index is 0. The number of hydrogen-bond donors (Lipinski definition) is 3. The van der Waals surface area contributed by atoms with Crippen LogP contribution in [0.15, 0.2) is 23.2 Å². The molecule has 21 heavy (non-hydrogen) atoms. The van der Waals surface area contributed by atoms with Crippen LogP contribution in [-0.2, 0) is 12.8 Å². The van der Waals surface area contributed by atoms with E-state index in [2.05, 4.69) is 54.6 Å². The minimum atomic E-state index is 0. The number of fused-ring (bicyclic) bond motifs is 1. The molecule has 1 aromatic rings. The summed E-state index contributed by atoms with van der Waals surface area (Å²) < 4.78 is 0. The Morgan fingerprint density at radius 1 is 1.24 bits per heavy atom. The second-order valence-corrected chi connectivity index (χ2v) is 6.41. The smallest absolute Gasteiger partial charge is 0.193 e. The molecule has 0 saturated carbocycles. The van der Waals surface area contributed by atoms with Crippen LogP contribution in [0.4, 0.5) is 5.69 Å². The molecule has 0 spiro atoms. The van der Waals surface area contributed by atoms with Gasteiger partial charge in [0, 0.05) is 17.8 Å². The van der Waals surface area contributed by atoms with Gasteiger partial charge in [0.2, 0.25) is 0 Å². The molecule has 0 atom stereocenters. The largest absolute Gasteiger partial charge is 0.370 e. The summed E-state index contributed by atoms with van der Waals surface area (Å²) in [7, 11) is 0. The second-order valence-electron chi connectivity index (χ2n) is 6.41. The summed E-state index contributed by atoms with van der Waals surface area (Å²) in [5.41, 5.74) is 9.99. The Morgan fingerprint density at radius 2 is 1.95 bits per heavy atom. The Kier molecular flexibility index (Phi) is 6.93. The third-order valence-electron chi connectivity index (χ3n) is 3.42. The molecule has 0 saturated heterocycles. The maximum atomic E-state index is 5.91. The molecule has 0 radical (unpaired) electrons. The Balaban J connectivity index is 0.00000220. The highest BCUT2D eigenvalue weighted by molar-refractivity contribution is 14.0. The van der Waals surface area contributed by atoms with Gasteiger partial charge < -0.3 is 16.4 Å². The molecule has 0 heterocycles. The van der Waals surface area contributed by atoms with E-state index >= 15 is 0 Å². The average Bonchev–Trinajstić information content (AvgIpc) is 2.81. The molecule has 5 heteroatoms. The van der Waals surface area contributed by atoms with Crippen LogP contribution < -0.4 is 16.4 Å². The van der Waals surface area contributed by atoms with Crippen molar-refractivity contribution in [2.45, 2.75) is 45.6 Å². The molecule has 0 unspecified atom stereocenters. The fourth-order valence-corrected chi connectivity index (χ4v) is 2.44. The highest BCUT2D eigenvalue weighted by Gasteiger charge is 2.11. The van der Waals surface area contributed by atoms with Crippen LogP contribution in [0.5, 0.6) is 0 Å². The molecule has 1 aliphatic rings. The van der Waals surface area contributed by atoms with Gasteiger partial charge in [-0.1, -0.05) is 6.07 Å². The number of aliphatic imine (C=N–C) groups is 1. The van der Waals surface area contributed by atoms with Crippen LogP contribution in [0.1, 0.15) is 38.3 Å². The number of nitrogens with two attached hydrogens (primary N) is 1. The molecule has 0 aliphatic heterocycles. The van der Waals surface area contributed by atoms with Gasteiger partial charge in [0.1, 0.15) is 0 Å². The van der Waals surface area contributed by atoms with Gasteiger partial charge in [-0.25, -0.2) is 0 Å². The lowest BCUT2D eigenvalue weighted by Gasteiger charge is -2.19. The van der Waals surface area contributed by atoms with Crippen molar-refractivity contribution in [2.75, 3.05) is 18.4 Å².